The van der Waals surface area contributed by atoms with Gasteiger partial charge in [0.1, 0.15) is 11.3 Å². The monoisotopic (exact) mass is 401 g/mol. The van der Waals surface area contributed by atoms with Crippen molar-refractivity contribution in [3.8, 4) is 22.5 Å². The zero-order valence-electron chi connectivity index (χ0n) is 16.4. The van der Waals surface area contributed by atoms with Crippen molar-refractivity contribution < 1.29 is 14.3 Å². The molecule has 4 rings (SSSR count). The third kappa shape index (κ3) is 3.77. The van der Waals surface area contributed by atoms with Gasteiger partial charge in [-0.25, -0.2) is 0 Å². The van der Waals surface area contributed by atoms with Gasteiger partial charge in [0.05, 0.1) is 5.36 Å². The molecule has 0 atom stereocenters. The summed E-state index contributed by atoms with van der Waals surface area (Å²) in [6.07, 6.45) is 1.36. The molecule has 6 nitrogen and oxygen atoms in total. The van der Waals surface area contributed by atoms with Crippen LogP contribution in [0.4, 0.5) is 5.69 Å². The van der Waals surface area contributed by atoms with Crippen molar-refractivity contribution in [2.75, 3.05) is 18.9 Å². The first-order valence-electron chi connectivity index (χ1n) is 9.87. The number of rotatable bonds is 6. The minimum Gasteiger partial charge on any atom is -0.456 e. The van der Waals surface area contributed by atoms with Gasteiger partial charge in [0.15, 0.2) is 0 Å². The second-order valence-corrected chi connectivity index (χ2v) is 7.18. The van der Waals surface area contributed by atoms with Gasteiger partial charge in [-0.2, -0.15) is 0 Å². The standard InChI is InChI=1S/C24H23N3O3/c25-15-7-9-19-21(13-15)30-22-14-16(26)8-10-20(22)23(19)17-5-1-2-6-18(17)24(29)27-11-3-4-12-28/h1-2,5-10,13-14,25,28H,3-4,11-12,26H2,(H,27,29). The number of carbonyl (C=O) groups is 1. The van der Waals surface area contributed by atoms with Gasteiger partial charge in [-0.3, -0.25) is 4.79 Å². The summed E-state index contributed by atoms with van der Waals surface area (Å²) in [7, 11) is 0. The molecule has 2 aliphatic rings. The average Bonchev–Trinajstić information content (AvgIpc) is 2.74. The van der Waals surface area contributed by atoms with Gasteiger partial charge in [0.25, 0.3) is 5.91 Å². The second kappa shape index (κ2) is 8.39. The van der Waals surface area contributed by atoms with E-state index in [9.17, 15) is 4.79 Å². The lowest BCUT2D eigenvalue weighted by atomic mass is 9.90. The Morgan fingerprint density at radius 3 is 2.70 bits per heavy atom. The van der Waals surface area contributed by atoms with E-state index >= 15 is 0 Å². The first-order valence-corrected chi connectivity index (χ1v) is 9.87. The van der Waals surface area contributed by atoms with Crippen molar-refractivity contribution in [3.63, 3.8) is 0 Å². The molecular formula is C24H23N3O3. The number of nitrogen functional groups attached to an aromatic ring is 1. The number of hydrogen-bond acceptors (Lipinski definition) is 5. The van der Waals surface area contributed by atoms with E-state index in [1.54, 1.807) is 24.3 Å². The highest BCUT2D eigenvalue weighted by Gasteiger charge is 2.21. The summed E-state index contributed by atoms with van der Waals surface area (Å²) in [5.74, 6) is 0.395. The van der Waals surface area contributed by atoms with Crippen molar-refractivity contribution in [2.45, 2.75) is 12.8 Å². The van der Waals surface area contributed by atoms with Crippen LogP contribution in [-0.4, -0.2) is 24.2 Å². The van der Waals surface area contributed by atoms with Gasteiger partial charge in [-0.1, -0.05) is 18.2 Å². The molecule has 1 heterocycles. The summed E-state index contributed by atoms with van der Waals surface area (Å²) in [6, 6.07) is 18.1. The van der Waals surface area contributed by atoms with Crippen LogP contribution in [0.5, 0.6) is 0 Å². The number of fused-ring (bicyclic) bond motifs is 2. The van der Waals surface area contributed by atoms with Gasteiger partial charge >= 0.3 is 0 Å². The molecule has 6 heteroatoms. The topological polar surface area (TPSA) is 112 Å². The predicted octanol–water partition coefficient (Wildman–Crippen LogP) is 3.77. The van der Waals surface area contributed by atoms with Crippen LogP contribution in [0.15, 0.2) is 65.1 Å². The molecular weight excluding hydrogens is 378 g/mol. The van der Waals surface area contributed by atoms with Gasteiger partial charge < -0.3 is 26.0 Å². The summed E-state index contributed by atoms with van der Waals surface area (Å²) >= 11 is 0. The maximum atomic E-state index is 12.9. The van der Waals surface area contributed by atoms with E-state index in [0.717, 1.165) is 22.1 Å². The maximum Gasteiger partial charge on any atom is 0.251 e. The van der Waals surface area contributed by atoms with E-state index in [4.69, 9.17) is 20.7 Å². The summed E-state index contributed by atoms with van der Waals surface area (Å²) in [4.78, 5) is 12.9. The van der Waals surface area contributed by atoms with Crippen LogP contribution in [-0.2, 0) is 0 Å². The van der Waals surface area contributed by atoms with Crippen LogP contribution in [0.1, 0.15) is 23.2 Å². The molecule has 5 N–H and O–H groups in total. The fourth-order valence-electron chi connectivity index (χ4n) is 3.63. The summed E-state index contributed by atoms with van der Waals surface area (Å²) in [6.45, 7) is 0.608. The van der Waals surface area contributed by atoms with Crippen molar-refractivity contribution in [1.82, 2.24) is 5.32 Å². The smallest absolute Gasteiger partial charge is 0.251 e. The van der Waals surface area contributed by atoms with E-state index in [0.29, 0.717) is 47.3 Å². The molecule has 1 aliphatic carbocycles. The van der Waals surface area contributed by atoms with Crippen molar-refractivity contribution in [2.24, 2.45) is 0 Å². The number of anilines is 1. The minimum absolute atomic E-state index is 0.110. The Morgan fingerprint density at radius 2 is 1.87 bits per heavy atom. The molecule has 0 bridgehead atoms. The number of aliphatic hydroxyl groups excluding tert-OH is 1. The summed E-state index contributed by atoms with van der Waals surface area (Å²) in [5.41, 5.74) is 10.2. The normalized spacial score (nSPS) is 11.1. The van der Waals surface area contributed by atoms with Crippen LogP contribution in [0.3, 0.4) is 0 Å². The third-order valence-electron chi connectivity index (χ3n) is 5.06. The maximum absolute atomic E-state index is 12.9. The molecule has 0 aromatic heterocycles. The highest BCUT2D eigenvalue weighted by molar-refractivity contribution is 6.09. The fourth-order valence-corrected chi connectivity index (χ4v) is 3.63. The predicted molar refractivity (Wildman–Crippen MR) is 117 cm³/mol. The highest BCUT2D eigenvalue weighted by Crippen LogP contribution is 2.41. The van der Waals surface area contributed by atoms with Crippen LogP contribution in [0.25, 0.3) is 33.4 Å². The lowest BCUT2D eigenvalue weighted by Crippen LogP contribution is -2.25. The van der Waals surface area contributed by atoms with Crippen LogP contribution >= 0.6 is 0 Å². The largest absolute Gasteiger partial charge is 0.456 e. The van der Waals surface area contributed by atoms with Crippen LogP contribution in [0, 0.1) is 5.41 Å². The van der Waals surface area contributed by atoms with E-state index in [2.05, 4.69) is 5.32 Å². The van der Waals surface area contributed by atoms with Crippen LogP contribution in [0.2, 0.25) is 0 Å². The fraction of sp³-hybridized carbons (Fsp3) is 0.167. The summed E-state index contributed by atoms with van der Waals surface area (Å²) < 4.78 is 6.04. The van der Waals surface area contributed by atoms with Gasteiger partial charge in [0.2, 0.25) is 0 Å². The van der Waals surface area contributed by atoms with E-state index in [-0.39, 0.29) is 12.5 Å². The lowest BCUT2D eigenvalue weighted by Gasteiger charge is -2.18. The minimum atomic E-state index is -0.168. The molecule has 1 aliphatic heterocycles. The number of carbonyl (C=O) groups excluding carboxylic acids is 1. The Kier molecular flexibility index (Phi) is 5.50. The number of unbranched alkanes of at least 4 members (excludes halogenated alkanes) is 1. The number of hydrogen-bond donors (Lipinski definition) is 4. The SMILES string of the molecule is N=c1ccc2c(-c3ccccc3C(=O)NCCCCO)c3ccc(N)cc3oc-2c1. The Balaban J connectivity index is 1.91. The van der Waals surface area contributed by atoms with Gasteiger partial charge in [-0.15, -0.1) is 0 Å². The van der Waals surface area contributed by atoms with Gasteiger partial charge in [-0.05, 0) is 48.7 Å². The molecule has 30 heavy (non-hydrogen) atoms. The molecule has 2 aromatic carbocycles. The van der Waals surface area contributed by atoms with Crippen molar-refractivity contribution in [1.29, 1.82) is 5.41 Å². The number of nitrogens with one attached hydrogen (secondary N) is 2. The quantitative estimate of drug-likeness (QED) is 0.224. The molecule has 152 valence electrons. The molecule has 0 spiro atoms. The first-order chi connectivity index (χ1) is 14.6. The molecule has 0 unspecified atom stereocenters. The average molecular weight is 401 g/mol. The number of aliphatic hydroxyl groups is 1. The third-order valence-corrected chi connectivity index (χ3v) is 5.06. The lowest BCUT2D eigenvalue weighted by molar-refractivity contribution is 0.0952. The molecule has 0 saturated carbocycles. The zero-order chi connectivity index (χ0) is 21.1. The zero-order valence-corrected chi connectivity index (χ0v) is 16.4. The molecule has 0 fully saturated rings. The summed E-state index contributed by atoms with van der Waals surface area (Å²) in [5, 5.41) is 21.0. The number of benzene rings is 3. The Hall–Kier alpha value is -3.64. The molecule has 1 amide bonds. The van der Waals surface area contributed by atoms with E-state index in [1.165, 1.54) is 0 Å². The van der Waals surface area contributed by atoms with E-state index in [1.807, 2.05) is 36.4 Å². The molecule has 0 saturated heterocycles. The van der Waals surface area contributed by atoms with Gasteiger partial charge in [0, 0.05) is 53.0 Å². The Bertz CT molecular complexity index is 1250. The highest BCUT2D eigenvalue weighted by atomic mass is 16.3. The van der Waals surface area contributed by atoms with Crippen LogP contribution < -0.4 is 16.4 Å². The molecule has 0 radical (unpaired) electrons. The van der Waals surface area contributed by atoms with Crippen molar-refractivity contribution >= 4 is 22.6 Å². The van der Waals surface area contributed by atoms with E-state index < -0.39 is 0 Å². The second-order valence-electron chi connectivity index (χ2n) is 7.18. The first kappa shape index (κ1) is 19.7. The molecule has 2 aromatic rings. The number of amides is 1. The van der Waals surface area contributed by atoms with Crippen molar-refractivity contribution in [3.05, 3.63) is 71.6 Å². The number of nitrogens with two attached hydrogens (primary N) is 1. The Morgan fingerprint density at radius 1 is 1.03 bits per heavy atom. The Labute approximate surface area is 173 Å².